The molecule has 0 aromatic heterocycles. The van der Waals surface area contributed by atoms with E-state index in [4.69, 9.17) is 11.6 Å². The van der Waals surface area contributed by atoms with Crippen molar-refractivity contribution in [2.75, 3.05) is 6.54 Å². The molecule has 0 aliphatic heterocycles. The fourth-order valence-corrected chi connectivity index (χ4v) is 3.61. The van der Waals surface area contributed by atoms with E-state index in [0.29, 0.717) is 6.54 Å². The first-order valence-corrected chi connectivity index (χ1v) is 8.40. The Balaban J connectivity index is 2.16. The highest BCUT2D eigenvalue weighted by molar-refractivity contribution is 7.89. The van der Waals surface area contributed by atoms with E-state index in [9.17, 15) is 8.42 Å². The molecule has 0 amide bonds. The molecule has 0 spiro atoms. The van der Waals surface area contributed by atoms with Crippen molar-refractivity contribution in [2.45, 2.75) is 43.7 Å². The number of hydrogen-bond acceptors (Lipinski definition) is 3. The molecule has 1 aliphatic carbocycles. The summed E-state index contributed by atoms with van der Waals surface area (Å²) in [5.74, 6) is 0. The zero-order chi connectivity index (χ0) is 13.9. The van der Waals surface area contributed by atoms with Gasteiger partial charge in [0.25, 0.3) is 0 Å². The standard InChI is InChI=1S/C13H19ClN2O2S/c1-2-7-15-9-10-3-6-12(14)13(8-10)19(17,18)16-11-4-5-11/h3,6,8,11,15-16H,2,4-5,7,9H2,1H3. The molecule has 1 aromatic rings. The smallest absolute Gasteiger partial charge is 0.242 e. The number of benzene rings is 1. The van der Waals surface area contributed by atoms with Crippen LogP contribution in [0, 0.1) is 0 Å². The average Bonchev–Trinajstić information content (AvgIpc) is 3.14. The lowest BCUT2D eigenvalue weighted by Gasteiger charge is -2.10. The first-order valence-electron chi connectivity index (χ1n) is 6.54. The predicted octanol–water partition coefficient (Wildman–Crippen LogP) is 2.28. The number of rotatable bonds is 7. The van der Waals surface area contributed by atoms with Gasteiger partial charge in [-0.3, -0.25) is 0 Å². The van der Waals surface area contributed by atoms with Crippen LogP contribution in [0.4, 0.5) is 0 Å². The molecular weight excluding hydrogens is 284 g/mol. The molecule has 0 bridgehead atoms. The molecule has 1 aromatic carbocycles. The van der Waals surface area contributed by atoms with Gasteiger partial charge in [0.2, 0.25) is 10.0 Å². The highest BCUT2D eigenvalue weighted by atomic mass is 35.5. The van der Waals surface area contributed by atoms with Crippen molar-refractivity contribution in [3.05, 3.63) is 28.8 Å². The van der Waals surface area contributed by atoms with Gasteiger partial charge in [-0.05, 0) is 43.5 Å². The highest BCUT2D eigenvalue weighted by Gasteiger charge is 2.29. The van der Waals surface area contributed by atoms with Gasteiger partial charge in [-0.15, -0.1) is 0 Å². The van der Waals surface area contributed by atoms with Crippen molar-refractivity contribution in [3.8, 4) is 0 Å². The van der Waals surface area contributed by atoms with Gasteiger partial charge in [0.15, 0.2) is 0 Å². The maximum atomic E-state index is 12.2. The lowest BCUT2D eigenvalue weighted by atomic mass is 10.2. The summed E-state index contributed by atoms with van der Waals surface area (Å²) >= 11 is 6.01. The van der Waals surface area contributed by atoms with Crippen LogP contribution in [0.3, 0.4) is 0 Å². The maximum Gasteiger partial charge on any atom is 0.242 e. The van der Waals surface area contributed by atoms with E-state index in [1.54, 1.807) is 12.1 Å². The Kier molecular flexibility index (Phi) is 4.84. The van der Waals surface area contributed by atoms with E-state index >= 15 is 0 Å². The Morgan fingerprint density at radius 1 is 1.37 bits per heavy atom. The topological polar surface area (TPSA) is 58.2 Å². The van der Waals surface area contributed by atoms with Crippen LogP contribution >= 0.6 is 11.6 Å². The highest BCUT2D eigenvalue weighted by Crippen LogP contribution is 2.26. The molecule has 0 radical (unpaired) electrons. The largest absolute Gasteiger partial charge is 0.313 e. The van der Waals surface area contributed by atoms with Crippen LogP contribution in [0.5, 0.6) is 0 Å². The van der Waals surface area contributed by atoms with Gasteiger partial charge in [0.05, 0.1) is 5.02 Å². The molecule has 1 fully saturated rings. The number of hydrogen-bond donors (Lipinski definition) is 2. The van der Waals surface area contributed by atoms with Crippen molar-refractivity contribution in [3.63, 3.8) is 0 Å². The van der Waals surface area contributed by atoms with E-state index in [2.05, 4.69) is 17.0 Å². The van der Waals surface area contributed by atoms with Crippen LogP contribution in [0.1, 0.15) is 31.7 Å². The Morgan fingerprint density at radius 2 is 2.11 bits per heavy atom. The fraction of sp³-hybridized carbons (Fsp3) is 0.538. The molecule has 2 rings (SSSR count). The third-order valence-corrected chi connectivity index (χ3v) is 4.94. The predicted molar refractivity (Wildman–Crippen MR) is 76.8 cm³/mol. The van der Waals surface area contributed by atoms with Crippen molar-refractivity contribution >= 4 is 21.6 Å². The molecule has 0 saturated heterocycles. The molecule has 106 valence electrons. The molecule has 4 nitrogen and oxygen atoms in total. The molecule has 0 unspecified atom stereocenters. The van der Waals surface area contributed by atoms with Crippen LogP contribution < -0.4 is 10.0 Å². The van der Waals surface area contributed by atoms with Crippen LogP contribution in [0.2, 0.25) is 5.02 Å². The van der Waals surface area contributed by atoms with Crippen LogP contribution in [-0.4, -0.2) is 21.0 Å². The van der Waals surface area contributed by atoms with Gasteiger partial charge in [0, 0.05) is 12.6 Å². The quantitative estimate of drug-likeness (QED) is 0.760. The molecule has 1 aliphatic rings. The Hall–Kier alpha value is -0.620. The SMILES string of the molecule is CCCNCc1ccc(Cl)c(S(=O)(=O)NC2CC2)c1. The van der Waals surface area contributed by atoms with E-state index < -0.39 is 10.0 Å². The number of nitrogens with one attached hydrogen (secondary N) is 2. The second kappa shape index (κ2) is 6.22. The van der Waals surface area contributed by atoms with Gasteiger partial charge >= 0.3 is 0 Å². The zero-order valence-electron chi connectivity index (χ0n) is 10.9. The summed E-state index contributed by atoms with van der Waals surface area (Å²) in [4.78, 5) is 0.178. The van der Waals surface area contributed by atoms with E-state index in [-0.39, 0.29) is 16.0 Å². The van der Waals surface area contributed by atoms with Crippen molar-refractivity contribution in [1.82, 2.24) is 10.0 Å². The summed E-state index contributed by atoms with van der Waals surface area (Å²) in [5.41, 5.74) is 0.925. The minimum absolute atomic E-state index is 0.0861. The Labute approximate surface area is 119 Å². The van der Waals surface area contributed by atoms with E-state index in [0.717, 1.165) is 31.4 Å². The molecule has 0 heterocycles. The number of halogens is 1. The normalized spacial score (nSPS) is 15.7. The third kappa shape index (κ3) is 4.18. The summed E-state index contributed by atoms with van der Waals surface area (Å²) in [7, 11) is -3.49. The van der Waals surface area contributed by atoms with E-state index in [1.807, 2.05) is 6.07 Å². The molecular formula is C13H19ClN2O2S. The van der Waals surface area contributed by atoms with Crippen molar-refractivity contribution < 1.29 is 8.42 Å². The first kappa shape index (κ1) is 14.8. The third-order valence-electron chi connectivity index (χ3n) is 2.94. The Bertz CT molecular complexity index is 542. The fourth-order valence-electron chi connectivity index (χ4n) is 1.76. The Morgan fingerprint density at radius 3 is 2.74 bits per heavy atom. The lowest BCUT2D eigenvalue weighted by Crippen LogP contribution is -2.26. The second-order valence-electron chi connectivity index (χ2n) is 4.84. The molecule has 19 heavy (non-hydrogen) atoms. The molecule has 0 atom stereocenters. The van der Waals surface area contributed by atoms with Gasteiger partial charge < -0.3 is 5.32 Å². The summed E-state index contributed by atoms with van der Waals surface area (Å²) in [5, 5.41) is 3.52. The van der Waals surface area contributed by atoms with Crippen LogP contribution in [0.25, 0.3) is 0 Å². The summed E-state index contributed by atoms with van der Waals surface area (Å²) in [6.45, 7) is 3.65. The summed E-state index contributed by atoms with van der Waals surface area (Å²) in [6.07, 6.45) is 2.87. The molecule has 2 N–H and O–H groups in total. The minimum Gasteiger partial charge on any atom is -0.313 e. The van der Waals surface area contributed by atoms with Crippen LogP contribution in [-0.2, 0) is 16.6 Å². The van der Waals surface area contributed by atoms with Crippen molar-refractivity contribution in [2.24, 2.45) is 0 Å². The molecule has 1 saturated carbocycles. The van der Waals surface area contributed by atoms with Gasteiger partial charge in [-0.25, -0.2) is 13.1 Å². The van der Waals surface area contributed by atoms with Gasteiger partial charge in [-0.1, -0.05) is 24.6 Å². The van der Waals surface area contributed by atoms with Crippen LogP contribution in [0.15, 0.2) is 23.1 Å². The maximum absolute atomic E-state index is 12.2. The summed E-state index contributed by atoms with van der Waals surface area (Å²) < 4.78 is 27.0. The summed E-state index contributed by atoms with van der Waals surface area (Å²) in [6, 6.07) is 5.23. The van der Waals surface area contributed by atoms with Gasteiger partial charge in [0.1, 0.15) is 4.90 Å². The lowest BCUT2D eigenvalue weighted by molar-refractivity contribution is 0.580. The monoisotopic (exact) mass is 302 g/mol. The van der Waals surface area contributed by atoms with Crippen molar-refractivity contribution in [1.29, 1.82) is 0 Å². The van der Waals surface area contributed by atoms with E-state index in [1.165, 1.54) is 0 Å². The second-order valence-corrected chi connectivity index (χ2v) is 6.93. The number of sulfonamides is 1. The zero-order valence-corrected chi connectivity index (χ0v) is 12.5. The molecule has 6 heteroatoms. The minimum atomic E-state index is -3.49. The first-order chi connectivity index (χ1) is 9.03. The van der Waals surface area contributed by atoms with Gasteiger partial charge in [-0.2, -0.15) is 0 Å². The average molecular weight is 303 g/mol.